The van der Waals surface area contributed by atoms with E-state index >= 15 is 0 Å². The second-order valence-corrected chi connectivity index (χ2v) is 5.76. The van der Waals surface area contributed by atoms with Crippen molar-refractivity contribution in [2.75, 3.05) is 18.1 Å². The Bertz CT molecular complexity index is 324. The topological polar surface area (TPSA) is 86.5 Å². The van der Waals surface area contributed by atoms with Crippen LogP contribution < -0.4 is 5.73 Å². The van der Waals surface area contributed by atoms with Gasteiger partial charge in [-0.25, -0.2) is 8.42 Å². The van der Waals surface area contributed by atoms with Crippen LogP contribution in [0.1, 0.15) is 19.8 Å². The minimum atomic E-state index is -3.18. The van der Waals surface area contributed by atoms with E-state index in [2.05, 4.69) is 0 Å². The second kappa shape index (κ2) is 3.86. The Kier molecular flexibility index (Phi) is 3.16. The van der Waals surface area contributed by atoms with Crippen molar-refractivity contribution in [3.63, 3.8) is 0 Å². The Hall–Kier alpha value is -0.620. The van der Waals surface area contributed by atoms with Gasteiger partial charge in [-0.2, -0.15) is 0 Å². The number of nitrogens with two attached hydrogens (primary N) is 1. The first-order valence-corrected chi connectivity index (χ1v) is 6.38. The lowest BCUT2D eigenvalue weighted by Gasteiger charge is -2.30. The summed E-state index contributed by atoms with van der Waals surface area (Å²) in [6.45, 7) is 1.89. The fourth-order valence-electron chi connectivity index (χ4n) is 1.58. The van der Waals surface area contributed by atoms with E-state index in [4.69, 9.17) is 10.5 Å². The van der Waals surface area contributed by atoms with Gasteiger partial charge in [0.05, 0.1) is 18.1 Å². The average molecular weight is 221 g/mol. The summed E-state index contributed by atoms with van der Waals surface area (Å²) >= 11 is 0. The zero-order valence-electron chi connectivity index (χ0n) is 8.15. The summed E-state index contributed by atoms with van der Waals surface area (Å²) in [7, 11) is -3.18. The molecule has 1 rings (SSSR count). The van der Waals surface area contributed by atoms with Gasteiger partial charge in [-0.05, 0) is 19.8 Å². The van der Waals surface area contributed by atoms with E-state index in [-0.39, 0.29) is 18.1 Å². The van der Waals surface area contributed by atoms with Crippen molar-refractivity contribution >= 4 is 15.8 Å². The number of hydrogen-bond donors (Lipinski definition) is 1. The van der Waals surface area contributed by atoms with Gasteiger partial charge in [0.1, 0.15) is 5.54 Å². The highest BCUT2D eigenvalue weighted by Crippen LogP contribution is 2.21. The minimum Gasteiger partial charge on any atom is -0.465 e. The Morgan fingerprint density at radius 1 is 1.57 bits per heavy atom. The van der Waals surface area contributed by atoms with E-state index in [9.17, 15) is 13.2 Å². The molecule has 82 valence electrons. The van der Waals surface area contributed by atoms with Gasteiger partial charge in [0.2, 0.25) is 0 Å². The largest absolute Gasteiger partial charge is 0.465 e. The van der Waals surface area contributed by atoms with Gasteiger partial charge in [-0.3, -0.25) is 4.79 Å². The third-order valence-electron chi connectivity index (χ3n) is 2.24. The third-order valence-corrected chi connectivity index (χ3v) is 4.10. The number of esters is 1. The Morgan fingerprint density at radius 3 is 2.71 bits per heavy atom. The van der Waals surface area contributed by atoms with Crippen LogP contribution in [-0.4, -0.2) is 38.0 Å². The number of ether oxygens (including phenoxy) is 1. The Morgan fingerprint density at radius 2 is 2.21 bits per heavy atom. The van der Waals surface area contributed by atoms with E-state index in [1.807, 2.05) is 0 Å². The van der Waals surface area contributed by atoms with Crippen LogP contribution in [0.4, 0.5) is 0 Å². The maximum Gasteiger partial charge on any atom is 0.327 e. The van der Waals surface area contributed by atoms with Crippen molar-refractivity contribution in [1.82, 2.24) is 0 Å². The van der Waals surface area contributed by atoms with Crippen LogP contribution in [0.25, 0.3) is 0 Å². The molecule has 0 bridgehead atoms. The van der Waals surface area contributed by atoms with Gasteiger partial charge in [0, 0.05) is 0 Å². The predicted molar refractivity (Wildman–Crippen MR) is 51.4 cm³/mol. The molecule has 6 heteroatoms. The summed E-state index contributed by atoms with van der Waals surface area (Å²) < 4.78 is 27.3. The van der Waals surface area contributed by atoms with E-state index in [1.54, 1.807) is 6.92 Å². The summed E-state index contributed by atoms with van der Waals surface area (Å²) in [5.74, 6) is -0.784. The monoisotopic (exact) mass is 221 g/mol. The molecule has 0 radical (unpaired) electrons. The molecule has 0 spiro atoms. The smallest absolute Gasteiger partial charge is 0.327 e. The molecule has 1 unspecified atom stereocenters. The third kappa shape index (κ3) is 2.45. The fourth-order valence-corrected chi connectivity index (χ4v) is 3.36. The molecule has 1 heterocycles. The molecule has 0 aliphatic carbocycles. The Balaban J connectivity index is 2.79. The number of carbonyl (C=O) groups is 1. The molecule has 0 aromatic heterocycles. The van der Waals surface area contributed by atoms with E-state index in [0.717, 1.165) is 0 Å². The van der Waals surface area contributed by atoms with Crippen LogP contribution in [0.3, 0.4) is 0 Å². The molecule has 1 fully saturated rings. The molecule has 1 aliphatic rings. The molecular formula is C8H15NO4S. The highest BCUT2D eigenvalue weighted by atomic mass is 32.2. The predicted octanol–water partition coefficient (Wildman–Crippen LogP) is -0.544. The van der Waals surface area contributed by atoms with Crippen LogP contribution in [0, 0.1) is 0 Å². The van der Waals surface area contributed by atoms with Crippen molar-refractivity contribution in [2.24, 2.45) is 5.73 Å². The van der Waals surface area contributed by atoms with Gasteiger partial charge in [-0.1, -0.05) is 0 Å². The SMILES string of the molecule is CCOC(=O)C1(N)CCCS(=O)(=O)C1. The Labute approximate surface area is 83.5 Å². The second-order valence-electron chi connectivity index (χ2n) is 3.57. The fraction of sp³-hybridized carbons (Fsp3) is 0.875. The molecule has 0 saturated carbocycles. The van der Waals surface area contributed by atoms with Crippen LogP contribution in [-0.2, 0) is 19.4 Å². The maximum atomic E-state index is 11.4. The van der Waals surface area contributed by atoms with Crippen LogP contribution in [0.15, 0.2) is 0 Å². The maximum absolute atomic E-state index is 11.4. The molecule has 0 aromatic carbocycles. The molecule has 2 N–H and O–H groups in total. The molecule has 1 saturated heterocycles. The van der Waals surface area contributed by atoms with E-state index in [0.29, 0.717) is 12.8 Å². The van der Waals surface area contributed by atoms with Gasteiger partial charge in [0.15, 0.2) is 9.84 Å². The first kappa shape index (κ1) is 11.5. The quantitative estimate of drug-likeness (QED) is 0.632. The van der Waals surface area contributed by atoms with Crippen molar-refractivity contribution in [2.45, 2.75) is 25.3 Å². The lowest BCUT2D eigenvalue weighted by molar-refractivity contribution is -0.149. The zero-order valence-corrected chi connectivity index (χ0v) is 8.97. The average Bonchev–Trinajstić information content (AvgIpc) is 2.02. The summed E-state index contributed by atoms with van der Waals surface area (Å²) in [4.78, 5) is 11.4. The van der Waals surface area contributed by atoms with Gasteiger partial charge < -0.3 is 10.5 Å². The summed E-state index contributed by atoms with van der Waals surface area (Å²) in [5.41, 5.74) is 4.38. The first-order valence-electron chi connectivity index (χ1n) is 4.56. The number of hydrogen-bond acceptors (Lipinski definition) is 5. The van der Waals surface area contributed by atoms with Crippen LogP contribution in [0.5, 0.6) is 0 Å². The highest BCUT2D eigenvalue weighted by molar-refractivity contribution is 7.91. The lowest BCUT2D eigenvalue weighted by atomic mass is 9.97. The van der Waals surface area contributed by atoms with Gasteiger partial charge in [-0.15, -0.1) is 0 Å². The molecule has 0 aromatic rings. The normalized spacial score (nSPS) is 31.0. The molecule has 5 nitrogen and oxygen atoms in total. The molecule has 14 heavy (non-hydrogen) atoms. The van der Waals surface area contributed by atoms with Crippen molar-refractivity contribution in [3.8, 4) is 0 Å². The van der Waals surface area contributed by atoms with Crippen molar-refractivity contribution in [1.29, 1.82) is 0 Å². The van der Waals surface area contributed by atoms with Crippen molar-refractivity contribution in [3.05, 3.63) is 0 Å². The minimum absolute atomic E-state index is 0.116. The standard InChI is InChI=1S/C8H15NO4S/c1-2-13-7(10)8(9)4-3-5-14(11,12)6-8/h2-6,9H2,1H3. The molecular weight excluding hydrogens is 206 g/mol. The number of sulfone groups is 1. The number of rotatable bonds is 2. The summed E-state index contributed by atoms with van der Waals surface area (Å²) in [6, 6.07) is 0. The first-order chi connectivity index (χ1) is 6.40. The van der Waals surface area contributed by atoms with E-state index < -0.39 is 21.3 Å². The number of carbonyl (C=O) groups excluding carboxylic acids is 1. The van der Waals surface area contributed by atoms with Gasteiger partial charge >= 0.3 is 5.97 Å². The van der Waals surface area contributed by atoms with E-state index in [1.165, 1.54) is 0 Å². The highest BCUT2D eigenvalue weighted by Gasteiger charge is 2.42. The summed E-state index contributed by atoms with van der Waals surface area (Å²) in [6.07, 6.45) is 0.808. The van der Waals surface area contributed by atoms with Gasteiger partial charge in [0.25, 0.3) is 0 Å². The van der Waals surface area contributed by atoms with Crippen molar-refractivity contribution < 1.29 is 17.9 Å². The zero-order chi connectivity index (χ0) is 10.8. The molecule has 1 atom stereocenters. The van der Waals surface area contributed by atoms with Crippen LogP contribution in [0.2, 0.25) is 0 Å². The molecule has 1 aliphatic heterocycles. The summed E-state index contributed by atoms with van der Waals surface area (Å²) in [5, 5.41) is 0. The van der Waals surface area contributed by atoms with Crippen LogP contribution >= 0.6 is 0 Å². The molecule has 0 amide bonds. The lowest BCUT2D eigenvalue weighted by Crippen LogP contribution is -2.56.